The van der Waals surface area contributed by atoms with Crippen LogP contribution in [0.25, 0.3) is 22.3 Å². The molecule has 1 unspecified atom stereocenters. The van der Waals surface area contributed by atoms with Crippen molar-refractivity contribution in [2.75, 3.05) is 0 Å². The van der Waals surface area contributed by atoms with Gasteiger partial charge in [-0.1, -0.05) is 0 Å². The van der Waals surface area contributed by atoms with Crippen molar-refractivity contribution in [3.63, 3.8) is 0 Å². The second-order valence-electron chi connectivity index (χ2n) is 21.4. The van der Waals surface area contributed by atoms with E-state index in [4.69, 9.17) is 0 Å². The van der Waals surface area contributed by atoms with Crippen LogP contribution in [0, 0.1) is 22.2 Å². The third-order valence-electron chi connectivity index (χ3n) is 13.3. The van der Waals surface area contributed by atoms with Gasteiger partial charge in [0.25, 0.3) is 0 Å². The van der Waals surface area contributed by atoms with E-state index < -0.39 is 21.3 Å². The minimum atomic E-state index is -3.03. The molecule has 1 atom stereocenters. The second kappa shape index (κ2) is 15.3. The van der Waals surface area contributed by atoms with Crippen LogP contribution in [0.4, 0.5) is 0 Å². The van der Waals surface area contributed by atoms with Crippen molar-refractivity contribution in [3.8, 4) is 11.1 Å². The molecule has 0 saturated heterocycles. The predicted molar refractivity (Wildman–Crippen MR) is 240 cm³/mol. The van der Waals surface area contributed by atoms with Crippen LogP contribution < -0.4 is 24.8 Å². The Balaban J connectivity index is 0.00000283. The molecule has 0 heterocycles. The zero-order valence-corrected chi connectivity index (χ0v) is 41.5. The number of hydrogen-bond acceptors (Lipinski definition) is 0. The summed E-state index contributed by atoms with van der Waals surface area (Å²) in [5, 5.41) is 0. The maximum Gasteiger partial charge on any atom is -1.00 e. The summed E-state index contributed by atoms with van der Waals surface area (Å²) < 4.78 is 5.14. The number of hydrogen-bond donors (Lipinski definition) is 0. The Morgan fingerprint density at radius 3 is 1.64 bits per heavy atom. The summed E-state index contributed by atoms with van der Waals surface area (Å²) in [6, 6.07) is 33.5. The summed E-state index contributed by atoms with van der Waals surface area (Å²) in [4.78, 5) is 0. The average molecular weight is 887 g/mol. The van der Waals surface area contributed by atoms with Gasteiger partial charge in [0.2, 0.25) is 0 Å². The van der Waals surface area contributed by atoms with Crippen molar-refractivity contribution in [1.82, 2.24) is 0 Å². The van der Waals surface area contributed by atoms with Crippen molar-refractivity contribution in [3.05, 3.63) is 160 Å². The topological polar surface area (TPSA) is 0 Å². The van der Waals surface area contributed by atoms with Crippen LogP contribution in [-0.2, 0) is 38.5 Å². The van der Waals surface area contributed by atoms with Gasteiger partial charge in [-0.05, 0) is 0 Å². The van der Waals surface area contributed by atoms with Crippen molar-refractivity contribution in [1.29, 1.82) is 0 Å². The van der Waals surface area contributed by atoms with E-state index in [9.17, 15) is 0 Å². The smallest absolute Gasteiger partial charge is 1.00 e. The Morgan fingerprint density at radius 2 is 1.16 bits per heavy atom. The zero-order chi connectivity index (χ0) is 40.3. The fraction of sp³-hybridized carbons (Fsp3) is 0.400. The van der Waals surface area contributed by atoms with E-state index in [-0.39, 0.29) is 51.9 Å². The van der Waals surface area contributed by atoms with E-state index in [1.807, 2.05) is 0 Å². The quantitative estimate of drug-likeness (QED) is 0.166. The van der Waals surface area contributed by atoms with Gasteiger partial charge < -0.3 is 24.8 Å². The molecule has 8 rings (SSSR count). The van der Waals surface area contributed by atoms with Gasteiger partial charge in [0.15, 0.2) is 0 Å². The van der Waals surface area contributed by atoms with Gasteiger partial charge in [-0.15, -0.1) is 0 Å². The van der Waals surface area contributed by atoms with E-state index in [0.717, 1.165) is 12.8 Å². The average Bonchev–Trinajstić information content (AvgIpc) is 3.84. The zero-order valence-electron chi connectivity index (χ0n) is 37.6. The van der Waals surface area contributed by atoms with E-state index in [2.05, 4.69) is 200 Å². The number of halogens is 2. The second-order valence-corrected chi connectivity index (χ2v) is 27.1. The largest absolute Gasteiger partial charge is 1.00 e. The van der Waals surface area contributed by atoms with Crippen LogP contribution in [0.2, 0.25) is 0 Å². The molecule has 0 saturated carbocycles. The maximum atomic E-state index is 2.71. The van der Waals surface area contributed by atoms with Crippen molar-refractivity contribution in [2.45, 2.75) is 121 Å². The van der Waals surface area contributed by atoms with E-state index in [0.29, 0.717) is 5.92 Å². The molecule has 4 aromatic carbocycles. The Labute approximate surface area is 371 Å². The fourth-order valence-corrected chi connectivity index (χ4v) is 20.8. The van der Waals surface area contributed by atoms with E-state index in [1.165, 1.54) is 61.2 Å². The van der Waals surface area contributed by atoms with Crippen molar-refractivity contribution >= 4 is 14.4 Å². The molecule has 0 spiro atoms. The summed E-state index contributed by atoms with van der Waals surface area (Å²) in [6.45, 7) is 34.2. The molecule has 0 aliphatic heterocycles. The van der Waals surface area contributed by atoms with Crippen molar-refractivity contribution in [2.24, 2.45) is 22.2 Å². The molecule has 0 bridgehead atoms. The molecular weight excluding hydrogens is 823 g/mol. The molecule has 0 nitrogen and oxygen atoms in total. The van der Waals surface area contributed by atoms with Crippen LogP contribution in [0.1, 0.15) is 148 Å². The SMILES string of the molecule is CCC1C=C(C(C)(C)C)C=[C]1[Zr+2]([C]1=C(C(C)(C)C)c2cc3c(cc2C1(C)C)Cc1cc2c(cc1-3)C(C(C)(C)C)=CC2(C)C)=[C](c1ccccc1)c1ccccc1.[Cl-].[Cl-]. The molecule has 302 valence electrons. The van der Waals surface area contributed by atoms with Crippen LogP contribution in [0.5, 0.6) is 0 Å². The van der Waals surface area contributed by atoms with Gasteiger partial charge in [-0.25, -0.2) is 0 Å². The van der Waals surface area contributed by atoms with Gasteiger partial charge in [-0.2, -0.15) is 0 Å². The molecule has 0 fully saturated rings. The molecule has 4 aliphatic rings. The first kappa shape index (κ1) is 44.7. The first-order chi connectivity index (χ1) is 26.1. The minimum Gasteiger partial charge on any atom is -1.00 e. The van der Waals surface area contributed by atoms with Crippen molar-refractivity contribution < 1.29 is 46.1 Å². The summed E-state index contributed by atoms with van der Waals surface area (Å²) in [6.07, 6.45) is 10.1. The molecule has 0 aromatic heterocycles. The van der Waals surface area contributed by atoms with E-state index >= 15 is 0 Å². The summed E-state index contributed by atoms with van der Waals surface area (Å²) >= 11 is -3.03. The molecule has 58 heavy (non-hydrogen) atoms. The summed E-state index contributed by atoms with van der Waals surface area (Å²) in [5.41, 5.74) is 19.4. The first-order valence-corrected chi connectivity index (χ1v) is 25.0. The molecule has 0 amide bonds. The van der Waals surface area contributed by atoms with E-state index in [1.54, 1.807) is 20.9 Å². The fourth-order valence-electron chi connectivity index (χ4n) is 10.5. The molecule has 3 heteroatoms. The predicted octanol–water partition coefficient (Wildman–Crippen LogP) is 8.82. The molecule has 0 N–H and O–H groups in total. The Morgan fingerprint density at radius 1 is 0.638 bits per heavy atom. The summed E-state index contributed by atoms with van der Waals surface area (Å²) in [5.74, 6) is 0.461. The van der Waals surface area contributed by atoms with Crippen LogP contribution in [-0.4, -0.2) is 3.21 Å². The first-order valence-electron chi connectivity index (χ1n) is 21.3. The number of rotatable bonds is 5. The summed E-state index contributed by atoms with van der Waals surface area (Å²) in [7, 11) is 0. The molecule has 4 aromatic rings. The Hall–Kier alpha value is -2.83. The van der Waals surface area contributed by atoms with Crippen LogP contribution in [0.3, 0.4) is 0 Å². The van der Waals surface area contributed by atoms with Gasteiger partial charge >= 0.3 is 349 Å². The van der Waals surface area contributed by atoms with Crippen LogP contribution in [0.15, 0.2) is 115 Å². The molecule has 4 aliphatic carbocycles. The van der Waals surface area contributed by atoms with Gasteiger partial charge in [-0.3, -0.25) is 0 Å². The Bertz CT molecular complexity index is 2400. The van der Waals surface area contributed by atoms with Gasteiger partial charge in [0.1, 0.15) is 0 Å². The van der Waals surface area contributed by atoms with Gasteiger partial charge in [0.05, 0.1) is 0 Å². The standard InChI is InChI=1S/C31H37.C13H10.C11H17.2ClH.Zr/c1-28(2,3)26-16-30(7,8)24-12-18-11-19-13-25-23(15-21(19)20(18)14-22(24)26)27(29(4,5)6)17-31(25,9)10;1-3-7-12(8-4-1)11-13-9-5-2-6-10-13;1-5-9-6-7-10(8-9)11(2,3)4;;;/h12-16H,11H2,1-10H3;1-10H;7-9H,5H2,1-4H3;2*1H;/q;;;;;+2/p-2. The minimum absolute atomic E-state index is 0. The number of fused-ring (bicyclic) bond motifs is 5. The third-order valence-corrected chi connectivity index (χ3v) is 22.0. The third kappa shape index (κ3) is 7.37. The number of benzene rings is 4. The van der Waals surface area contributed by atoms with Gasteiger partial charge in [0, 0.05) is 0 Å². The number of allylic oxidation sites excluding steroid dienone is 8. The molecular formula is C55H64Cl2Zr. The molecule has 0 radical (unpaired) electrons. The van der Waals surface area contributed by atoms with Crippen LogP contribution >= 0.6 is 0 Å². The maximum absolute atomic E-state index is 3.03. The Kier molecular flexibility index (Phi) is 11.8. The monoisotopic (exact) mass is 884 g/mol. The normalized spacial score (nSPS) is 18.4.